The zero-order valence-electron chi connectivity index (χ0n) is 18.4. The van der Waals surface area contributed by atoms with Crippen molar-refractivity contribution in [3.8, 4) is 5.75 Å². The number of nitrogens with one attached hydrogen (secondary N) is 1. The topological polar surface area (TPSA) is 58.6 Å². The van der Waals surface area contributed by atoms with Crippen molar-refractivity contribution >= 4 is 35.0 Å². The van der Waals surface area contributed by atoms with Crippen LogP contribution < -0.4 is 10.1 Å². The van der Waals surface area contributed by atoms with Crippen LogP contribution >= 0.6 is 23.2 Å². The van der Waals surface area contributed by atoms with E-state index in [9.17, 15) is 9.59 Å². The third-order valence-corrected chi connectivity index (χ3v) is 6.43. The highest BCUT2D eigenvalue weighted by molar-refractivity contribution is 6.31. The van der Waals surface area contributed by atoms with Gasteiger partial charge < -0.3 is 15.0 Å². The monoisotopic (exact) mass is 476 g/mol. The zero-order chi connectivity index (χ0) is 22.9. The quantitative estimate of drug-likeness (QED) is 0.510. The molecule has 7 heteroatoms. The predicted octanol–water partition coefficient (Wildman–Crippen LogP) is 5.63. The molecular formula is C25H30Cl2N2O3. The normalized spacial score (nSPS) is 15.1. The minimum atomic E-state index is -0.602. The molecule has 0 saturated heterocycles. The minimum absolute atomic E-state index is 0.119. The molecule has 1 aliphatic rings. The Hall–Kier alpha value is -2.24. The minimum Gasteiger partial charge on any atom is -0.484 e. The van der Waals surface area contributed by atoms with E-state index < -0.39 is 6.04 Å². The van der Waals surface area contributed by atoms with Gasteiger partial charge in [0.1, 0.15) is 11.8 Å². The second-order valence-electron chi connectivity index (χ2n) is 8.12. The van der Waals surface area contributed by atoms with E-state index in [2.05, 4.69) is 5.32 Å². The van der Waals surface area contributed by atoms with Crippen LogP contribution in [0.5, 0.6) is 5.75 Å². The van der Waals surface area contributed by atoms with Gasteiger partial charge in [-0.25, -0.2) is 0 Å². The molecular weight excluding hydrogens is 447 g/mol. The molecule has 0 radical (unpaired) electrons. The predicted molar refractivity (Wildman–Crippen MR) is 128 cm³/mol. The van der Waals surface area contributed by atoms with E-state index in [0.29, 0.717) is 22.2 Å². The summed E-state index contributed by atoms with van der Waals surface area (Å²) in [4.78, 5) is 28.0. The Kier molecular flexibility index (Phi) is 9.24. The average Bonchev–Trinajstić information content (AvgIpc) is 2.80. The summed E-state index contributed by atoms with van der Waals surface area (Å²) in [5, 5.41) is 4.32. The number of ether oxygens (including phenoxy) is 1. The number of benzene rings is 2. The number of carbonyl (C=O) groups is 2. The van der Waals surface area contributed by atoms with Gasteiger partial charge >= 0.3 is 0 Å². The van der Waals surface area contributed by atoms with E-state index in [1.165, 1.54) is 6.42 Å². The standard InChI is InChI=1S/C25H30Cl2N2O3/c1-2-23(25(31)28-20-9-4-3-5-10-20)29(16-18-8-6-7-11-22(18)27)24(30)17-32-21-14-12-19(26)13-15-21/h6-8,11-15,20,23H,2-5,9-10,16-17H2,1H3,(H,28,31)/t23-/m0/s1. The molecule has 3 rings (SSSR count). The maximum Gasteiger partial charge on any atom is 0.261 e. The molecule has 0 aromatic heterocycles. The molecule has 2 aromatic rings. The van der Waals surface area contributed by atoms with Crippen LogP contribution in [0.2, 0.25) is 10.0 Å². The lowest BCUT2D eigenvalue weighted by Crippen LogP contribution is -2.52. The number of nitrogens with zero attached hydrogens (tertiary/aromatic N) is 1. The van der Waals surface area contributed by atoms with Gasteiger partial charge in [-0.15, -0.1) is 0 Å². The SMILES string of the molecule is CC[C@@H](C(=O)NC1CCCCC1)N(Cc1ccccc1Cl)C(=O)COc1ccc(Cl)cc1. The number of hydrogen-bond acceptors (Lipinski definition) is 3. The van der Waals surface area contributed by atoms with Crippen LogP contribution in [0.1, 0.15) is 51.0 Å². The van der Waals surface area contributed by atoms with Gasteiger partial charge in [-0.2, -0.15) is 0 Å². The van der Waals surface area contributed by atoms with Gasteiger partial charge in [-0.3, -0.25) is 9.59 Å². The summed E-state index contributed by atoms with van der Waals surface area (Å²) in [5.41, 5.74) is 0.790. The highest BCUT2D eigenvalue weighted by atomic mass is 35.5. The lowest BCUT2D eigenvalue weighted by molar-refractivity contribution is -0.143. The number of carbonyl (C=O) groups excluding carboxylic acids is 2. The first-order valence-electron chi connectivity index (χ1n) is 11.2. The van der Waals surface area contributed by atoms with Gasteiger partial charge in [0.25, 0.3) is 5.91 Å². The number of amides is 2. The summed E-state index contributed by atoms with van der Waals surface area (Å²) in [6.45, 7) is 1.97. The Morgan fingerprint density at radius 1 is 1.06 bits per heavy atom. The average molecular weight is 477 g/mol. The Morgan fingerprint density at radius 3 is 2.41 bits per heavy atom. The molecule has 1 saturated carbocycles. The molecule has 2 aromatic carbocycles. The molecule has 1 fully saturated rings. The summed E-state index contributed by atoms with van der Waals surface area (Å²) >= 11 is 12.3. The van der Waals surface area contributed by atoms with Crippen molar-refractivity contribution in [3.63, 3.8) is 0 Å². The second-order valence-corrected chi connectivity index (χ2v) is 8.97. The van der Waals surface area contributed by atoms with E-state index in [1.807, 2.05) is 25.1 Å². The van der Waals surface area contributed by atoms with Gasteiger partial charge in [0.15, 0.2) is 6.61 Å². The Labute approximate surface area is 200 Å². The lowest BCUT2D eigenvalue weighted by atomic mass is 9.95. The number of rotatable bonds is 9. The van der Waals surface area contributed by atoms with Gasteiger partial charge in [0.05, 0.1) is 0 Å². The largest absolute Gasteiger partial charge is 0.484 e. The molecule has 5 nitrogen and oxygen atoms in total. The first-order chi connectivity index (χ1) is 15.5. The van der Waals surface area contributed by atoms with E-state index in [-0.39, 0.29) is 31.0 Å². The number of halogens is 2. The molecule has 0 bridgehead atoms. The maximum absolute atomic E-state index is 13.2. The zero-order valence-corrected chi connectivity index (χ0v) is 19.9. The second kappa shape index (κ2) is 12.1. The summed E-state index contributed by atoms with van der Waals surface area (Å²) in [5.74, 6) is 0.150. The van der Waals surface area contributed by atoms with Crippen LogP contribution in [0.15, 0.2) is 48.5 Å². The third kappa shape index (κ3) is 6.88. The van der Waals surface area contributed by atoms with Gasteiger partial charge in [0.2, 0.25) is 5.91 Å². The molecule has 1 atom stereocenters. The smallest absolute Gasteiger partial charge is 0.261 e. The van der Waals surface area contributed by atoms with Crippen molar-refractivity contribution in [2.24, 2.45) is 0 Å². The molecule has 0 aliphatic heterocycles. The fourth-order valence-electron chi connectivity index (χ4n) is 4.03. The first kappa shape index (κ1) is 24.4. The van der Waals surface area contributed by atoms with Crippen molar-refractivity contribution in [2.45, 2.75) is 64.1 Å². The maximum atomic E-state index is 13.2. The fraction of sp³-hybridized carbons (Fsp3) is 0.440. The van der Waals surface area contributed by atoms with Crippen LogP contribution in [0.25, 0.3) is 0 Å². The van der Waals surface area contributed by atoms with Crippen LogP contribution in [-0.2, 0) is 16.1 Å². The molecule has 1 N–H and O–H groups in total. The highest BCUT2D eigenvalue weighted by Gasteiger charge is 2.31. The van der Waals surface area contributed by atoms with E-state index >= 15 is 0 Å². The van der Waals surface area contributed by atoms with Crippen LogP contribution in [0.3, 0.4) is 0 Å². The van der Waals surface area contributed by atoms with Crippen molar-refractivity contribution in [3.05, 3.63) is 64.1 Å². The van der Waals surface area contributed by atoms with Crippen LogP contribution in [0.4, 0.5) is 0 Å². The van der Waals surface area contributed by atoms with Gasteiger partial charge in [-0.05, 0) is 55.2 Å². The van der Waals surface area contributed by atoms with Crippen molar-refractivity contribution in [1.29, 1.82) is 0 Å². The summed E-state index contributed by atoms with van der Waals surface area (Å²) in [6, 6.07) is 13.8. The molecule has 1 aliphatic carbocycles. The van der Waals surface area contributed by atoms with Gasteiger partial charge in [-0.1, -0.05) is 67.6 Å². The number of hydrogen-bond donors (Lipinski definition) is 1. The molecule has 0 heterocycles. The van der Waals surface area contributed by atoms with E-state index in [1.54, 1.807) is 35.2 Å². The van der Waals surface area contributed by atoms with Crippen molar-refractivity contribution in [1.82, 2.24) is 10.2 Å². The molecule has 0 unspecified atom stereocenters. The lowest BCUT2D eigenvalue weighted by Gasteiger charge is -2.33. The van der Waals surface area contributed by atoms with Crippen LogP contribution in [0, 0.1) is 0 Å². The Morgan fingerprint density at radius 2 is 1.75 bits per heavy atom. The van der Waals surface area contributed by atoms with Gasteiger partial charge in [0, 0.05) is 22.6 Å². The third-order valence-electron chi connectivity index (χ3n) is 5.81. The summed E-state index contributed by atoms with van der Waals surface area (Å²) < 4.78 is 5.68. The Balaban J connectivity index is 1.75. The highest BCUT2D eigenvalue weighted by Crippen LogP contribution is 2.22. The van der Waals surface area contributed by atoms with E-state index in [0.717, 1.165) is 31.2 Å². The Bertz CT molecular complexity index is 898. The van der Waals surface area contributed by atoms with E-state index in [4.69, 9.17) is 27.9 Å². The molecule has 0 spiro atoms. The summed E-state index contributed by atoms with van der Waals surface area (Å²) in [7, 11) is 0. The molecule has 172 valence electrons. The molecule has 32 heavy (non-hydrogen) atoms. The molecule has 2 amide bonds. The fourth-order valence-corrected chi connectivity index (χ4v) is 4.35. The van der Waals surface area contributed by atoms with Crippen LogP contribution in [-0.4, -0.2) is 35.4 Å². The summed E-state index contributed by atoms with van der Waals surface area (Å²) in [6.07, 6.45) is 5.93. The van der Waals surface area contributed by atoms with Crippen molar-refractivity contribution < 1.29 is 14.3 Å². The van der Waals surface area contributed by atoms with Crippen molar-refractivity contribution in [2.75, 3.05) is 6.61 Å². The first-order valence-corrected chi connectivity index (χ1v) is 11.9.